The first kappa shape index (κ1) is 29.7. The van der Waals surface area contributed by atoms with Gasteiger partial charge in [-0.3, -0.25) is 14.4 Å². The number of benzene rings is 1. The number of fused-ring (bicyclic) bond motifs is 1. The lowest BCUT2D eigenvalue weighted by Crippen LogP contribution is -2.55. The molecule has 0 aliphatic carbocycles. The van der Waals surface area contributed by atoms with Crippen LogP contribution in [0.5, 0.6) is 0 Å². The summed E-state index contributed by atoms with van der Waals surface area (Å²) >= 11 is 7.80. The number of anilines is 1. The van der Waals surface area contributed by atoms with Crippen LogP contribution in [0.15, 0.2) is 49.6 Å². The van der Waals surface area contributed by atoms with E-state index in [2.05, 4.69) is 20.1 Å². The van der Waals surface area contributed by atoms with Crippen LogP contribution in [-0.2, 0) is 14.4 Å². The zero-order valence-electron chi connectivity index (χ0n) is 23.0. The molecule has 2 unspecified atom stereocenters. The first-order chi connectivity index (χ1) is 18.7. The van der Waals surface area contributed by atoms with Gasteiger partial charge in [-0.25, -0.2) is 0 Å². The van der Waals surface area contributed by atoms with Crippen molar-refractivity contribution >= 4 is 46.8 Å². The highest BCUT2D eigenvalue weighted by Gasteiger charge is 2.77. The maximum atomic E-state index is 14.5. The summed E-state index contributed by atoms with van der Waals surface area (Å²) in [5.74, 6) is -1.38. The Bertz CT molecular complexity index is 1110. The van der Waals surface area contributed by atoms with Crippen LogP contribution in [0.1, 0.15) is 46.0 Å². The van der Waals surface area contributed by atoms with Crippen molar-refractivity contribution in [2.24, 2.45) is 11.8 Å². The van der Waals surface area contributed by atoms with E-state index in [-0.39, 0.29) is 30.9 Å². The first-order valence-electron chi connectivity index (χ1n) is 13.9. The van der Waals surface area contributed by atoms with Crippen LogP contribution in [-0.4, -0.2) is 80.9 Å². The zero-order chi connectivity index (χ0) is 28.4. The Hall–Kier alpha value is -2.29. The fraction of sp³-hybridized carbons (Fsp3) is 0.567. The number of thioether (sulfide) groups is 1. The van der Waals surface area contributed by atoms with Crippen LogP contribution in [0.4, 0.5) is 5.69 Å². The molecule has 7 nitrogen and oxygen atoms in total. The van der Waals surface area contributed by atoms with E-state index in [0.717, 1.165) is 12.8 Å². The molecular weight excluding hydrogens is 534 g/mol. The maximum absolute atomic E-state index is 14.5. The summed E-state index contributed by atoms with van der Waals surface area (Å²) in [6, 6.07) is 6.38. The molecule has 4 rings (SSSR count). The molecule has 1 N–H and O–H groups in total. The molecule has 3 aliphatic rings. The lowest BCUT2D eigenvalue weighted by atomic mass is 9.66. The number of carbonyl (C=O) groups is 3. The van der Waals surface area contributed by atoms with E-state index in [1.165, 1.54) is 0 Å². The van der Waals surface area contributed by atoms with Gasteiger partial charge in [-0.15, -0.1) is 24.9 Å². The van der Waals surface area contributed by atoms with Gasteiger partial charge in [0.2, 0.25) is 11.8 Å². The van der Waals surface area contributed by atoms with Gasteiger partial charge in [0, 0.05) is 48.2 Å². The van der Waals surface area contributed by atoms with Crippen LogP contribution >= 0.6 is 23.4 Å². The highest BCUT2D eigenvalue weighted by atomic mass is 35.5. The monoisotopic (exact) mass is 573 g/mol. The smallest absolute Gasteiger partial charge is 0.251 e. The largest absolute Gasteiger partial charge is 0.396 e. The summed E-state index contributed by atoms with van der Waals surface area (Å²) in [4.78, 5) is 48.1. The van der Waals surface area contributed by atoms with Crippen molar-refractivity contribution in [3.63, 3.8) is 0 Å². The minimum atomic E-state index is -0.715. The quantitative estimate of drug-likeness (QED) is 0.277. The fourth-order valence-electron chi connectivity index (χ4n) is 6.85. The van der Waals surface area contributed by atoms with Gasteiger partial charge < -0.3 is 19.8 Å². The van der Waals surface area contributed by atoms with Crippen LogP contribution in [0.3, 0.4) is 0 Å². The minimum absolute atomic E-state index is 0.0178. The zero-order valence-corrected chi connectivity index (χ0v) is 24.6. The second-order valence-electron chi connectivity index (χ2n) is 11.0. The first-order valence-corrected chi connectivity index (χ1v) is 15.1. The SMILES string of the molecule is C=CCN(CCC)C(=O)[C@@H]1[C@H]2C(=O)N(CCCCO)C(C(=O)N(CC=C)c3ccc(Cl)cc3)C23CC[C@@]1(C)S3. The Kier molecular flexibility index (Phi) is 9.19. The Balaban J connectivity index is 1.78. The van der Waals surface area contributed by atoms with E-state index in [9.17, 15) is 19.5 Å². The lowest BCUT2D eigenvalue weighted by Gasteiger charge is -2.38. The number of aliphatic hydroxyl groups excluding tert-OH is 1. The molecule has 2 bridgehead atoms. The third-order valence-electron chi connectivity index (χ3n) is 8.45. The van der Waals surface area contributed by atoms with Crippen molar-refractivity contribution in [2.75, 3.05) is 37.7 Å². The number of aliphatic hydroxyl groups is 1. The molecule has 1 aromatic carbocycles. The number of likely N-dealkylation sites (tertiary alicyclic amines) is 1. The van der Waals surface area contributed by atoms with Gasteiger partial charge >= 0.3 is 0 Å². The number of halogens is 1. The molecule has 3 aliphatic heterocycles. The summed E-state index contributed by atoms with van der Waals surface area (Å²) in [7, 11) is 0. The van der Waals surface area contributed by atoms with E-state index in [1.54, 1.807) is 58.0 Å². The van der Waals surface area contributed by atoms with Gasteiger partial charge in [-0.05, 0) is 63.3 Å². The third kappa shape index (κ3) is 5.16. The number of hydrogen-bond donors (Lipinski definition) is 1. The standard InChI is InChI=1S/C30H40ClN3O4S/c1-5-16-32(17-6-2)26(36)23-24-27(37)34(19-8-9-20-35)25(30(24)15-14-29(23,4)39-30)28(38)33(18-7-3)22-12-10-21(31)11-13-22/h5,7,10-13,23-25,35H,1,3,6,8-9,14-20H2,2,4H3/t23-,24-,25?,29+,30?/m0/s1. The molecule has 0 aromatic heterocycles. The number of unbranched alkanes of at least 4 members (excludes halogenated alkanes) is 1. The molecule has 3 fully saturated rings. The van der Waals surface area contributed by atoms with Gasteiger partial charge in [-0.2, -0.15) is 0 Å². The van der Waals surface area contributed by atoms with E-state index >= 15 is 0 Å². The summed E-state index contributed by atoms with van der Waals surface area (Å²) in [5, 5.41) is 9.99. The Morgan fingerprint density at radius 1 is 1.15 bits per heavy atom. The predicted octanol–water partition coefficient (Wildman–Crippen LogP) is 4.54. The normalized spacial score (nSPS) is 28.9. The van der Waals surface area contributed by atoms with Crippen LogP contribution in [0, 0.1) is 11.8 Å². The number of carbonyl (C=O) groups excluding carboxylic acids is 3. The maximum Gasteiger partial charge on any atom is 0.251 e. The highest BCUT2D eigenvalue weighted by Crippen LogP contribution is 2.71. The highest BCUT2D eigenvalue weighted by molar-refractivity contribution is 8.02. The molecule has 3 saturated heterocycles. The van der Waals surface area contributed by atoms with Crippen molar-refractivity contribution in [2.45, 2.75) is 61.5 Å². The number of hydrogen-bond acceptors (Lipinski definition) is 5. The van der Waals surface area contributed by atoms with Crippen molar-refractivity contribution < 1.29 is 19.5 Å². The van der Waals surface area contributed by atoms with E-state index in [4.69, 9.17) is 11.6 Å². The van der Waals surface area contributed by atoms with Crippen molar-refractivity contribution in [1.29, 1.82) is 0 Å². The Morgan fingerprint density at radius 2 is 1.85 bits per heavy atom. The topological polar surface area (TPSA) is 81.2 Å². The van der Waals surface area contributed by atoms with Crippen LogP contribution in [0.25, 0.3) is 0 Å². The van der Waals surface area contributed by atoms with Gasteiger partial charge in [0.05, 0.1) is 16.6 Å². The van der Waals surface area contributed by atoms with E-state index in [1.807, 2.05) is 11.8 Å². The van der Waals surface area contributed by atoms with Gasteiger partial charge in [0.15, 0.2) is 0 Å². The Morgan fingerprint density at radius 3 is 2.46 bits per heavy atom. The predicted molar refractivity (Wildman–Crippen MR) is 158 cm³/mol. The van der Waals surface area contributed by atoms with E-state index < -0.39 is 27.4 Å². The minimum Gasteiger partial charge on any atom is -0.396 e. The molecule has 39 heavy (non-hydrogen) atoms. The average Bonchev–Trinajstić information content (AvgIpc) is 3.48. The second-order valence-corrected chi connectivity index (χ2v) is 13.3. The van der Waals surface area contributed by atoms with Crippen LogP contribution in [0.2, 0.25) is 5.02 Å². The van der Waals surface area contributed by atoms with Crippen LogP contribution < -0.4 is 4.90 Å². The van der Waals surface area contributed by atoms with Crippen molar-refractivity contribution in [3.8, 4) is 0 Å². The van der Waals surface area contributed by atoms with E-state index in [0.29, 0.717) is 49.6 Å². The molecule has 9 heteroatoms. The van der Waals surface area contributed by atoms with Gasteiger partial charge in [0.1, 0.15) is 6.04 Å². The van der Waals surface area contributed by atoms with Gasteiger partial charge in [0.25, 0.3) is 5.91 Å². The van der Waals surface area contributed by atoms with Gasteiger partial charge in [-0.1, -0.05) is 30.7 Å². The summed E-state index contributed by atoms with van der Waals surface area (Å²) < 4.78 is -1.12. The molecule has 0 radical (unpaired) electrons. The average molecular weight is 574 g/mol. The van der Waals surface area contributed by atoms with Crippen molar-refractivity contribution in [3.05, 3.63) is 54.6 Å². The molecule has 0 saturated carbocycles. The molecular formula is C30H40ClN3O4S. The molecule has 212 valence electrons. The van der Waals surface area contributed by atoms with Crippen molar-refractivity contribution in [1.82, 2.24) is 9.80 Å². The molecule has 5 atom stereocenters. The summed E-state index contributed by atoms with van der Waals surface area (Å²) in [6.45, 7) is 13.5. The molecule has 1 aromatic rings. The summed E-state index contributed by atoms with van der Waals surface area (Å²) in [5.41, 5.74) is 0.684. The molecule has 3 heterocycles. The lowest BCUT2D eigenvalue weighted by molar-refractivity contribution is -0.145. The third-order valence-corrected chi connectivity index (χ3v) is 10.7. The number of nitrogens with zero attached hydrogens (tertiary/aromatic N) is 3. The second kappa shape index (κ2) is 12.1. The fourth-order valence-corrected chi connectivity index (χ4v) is 9.32. The Labute approximate surface area is 241 Å². The number of amides is 3. The summed E-state index contributed by atoms with van der Waals surface area (Å²) in [6.07, 6.45) is 6.80. The number of rotatable bonds is 13. The molecule has 1 spiro atoms. The molecule has 3 amide bonds.